The molecule has 6 nitrogen and oxygen atoms in total. The number of carbonyl (C=O) groups excluding carboxylic acids is 2. The largest absolute Gasteiger partial charge is 0.454 e. The van der Waals surface area contributed by atoms with Gasteiger partial charge in [0.1, 0.15) is 0 Å². The highest BCUT2D eigenvalue weighted by Crippen LogP contribution is 2.79. The summed E-state index contributed by atoms with van der Waals surface area (Å²) in [6.07, 6.45) is 10.4. The number of Topliss-reactive ketones (excluding diaryl/α,β-unsaturated/α-hetero) is 1. The second-order valence-electron chi connectivity index (χ2n) is 15.4. The normalized spacial score (nSPS) is 54.7. The van der Waals surface area contributed by atoms with Crippen LogP contribution in [0.25, 0.3) is 0 Å². The van der Waals surface area contributed by atoms with Crippen molar-refractivity contribution in [3.63, 3.8) is 0 Å². The van der Waals surface area contributed by atoms with Crippen molar-refractivity contribution >= 4 is 11.8 Å². The Kier molecular flexibility index (Phi) is 5.51. The van der Waals surface area contributed by atoms with Gasteiger partial charge in [-0.1, -0.05) is 27.2 Å². The number of hydrogen-bond donors (Lipinski definition) is 0. The summed E-state index contributed by atoms with van der Waals surface area (Å²) in [6.45, 7) is 14.4. The molecule has 0 N–H and O–H groups in total. The van der Waals surface area contributed by atoms with Crippen LogP contribution in [-0.4, -0.2) is 59.4 Å². The van der Waals surface area contributed by atoms with Crippen molar-refractivity contribution in [3.8, 4) is 0 Å². The standard InChI is InChI=1S/C32H49NO5/c1-19(2)22-10-13-29(5)21-9-15-31-12-7-8-24(31)32(29,26(22)33(31)17-21)16-23(37-20(3)34)27(35)28(4)18-36-30(6)14-11-25(28)38-30/h19,21-26H,7-18H2,1-6H3/t21-,22+,23+,24+,25+,26-,28-,29-,30-,31+,32-/m0/s1. The molecular formula is C32H49NO5. The molecule has 5 saturated heterocycles. The highest BCUT2D eigenvalue weighted by atomic mass is 16.7. The second kappa shape index (κ2) is 8.06. The van der Waals surface area contributed by atoms with Crippen molar-refractivity contribution < 1.29 is 23.8 Å². The van der Waals surface area contributed by atoms with Gasteiger partial charge in [0.25, 0.3) is 0 Å². The van der Waals surface area contributed by atoms with Crippen LogP contribution < -0.4 is 0 Å². The number of rotatable bonds is 6. The van der Waals surface area contributed by atoms with Gasteiger partial charge in [-0.2, -0.15) is 0 Å². The minimum Gasteiger partial charge on any atom is -0.454 e. The van der Waals surface area contributed by atoms with Crippen LogP contribution in [0.15, 0.2) is 0 Å². The highest BCUT2D eigenvalue weighted by Gasteiger charge is 2.80. The number of ketones is 1. The lowest BCUT2D eigenvalue weighted by molar-refractivity contribution is -0.284. The molecule has 0 aromatic heterocycles. The van der Waals surface area contributed by atoms with Crippen LogP contribution >= 0.6 is 0 Å². The van der Waals surface area contributed by atoms with E-state index in [9.17, 15) is 9.59 Å². The van der Waals surface area contributed by atoms with E-state index in [0.29, 0.717) is 42.7 Å². The van der Waals surface area contributed by atoms with Gasteiger partial charge in [-0.15, -0.1) is 0 Å². The SMILES string of the molecule is CC(=O)O[C@H](C[C@]12[C@@H]3[C@@H](C(C)C)CC[C@@]1(C)[C@H]1CC[C@@]4(CCC[C@H]42)N3C1)C(=O)[C@@]1(C)CO[C@]2(C)CC[C@H]1O2. The summed E-state index contributed by atoms with van der Waals surface area (Å²) >= 11 is 0. The van der Waals surface area contributed by atoms with Crippen molar-refractivity contribution in [1.29, 1.82) is 0 Å². The first-order valence-electron chi connectivity index (χ1n) is 15.7. The molecule has 6 heteroatoms. The summed E-state index contributed by atoms with van der Waals surface area (Å²) in [6, 6.07) is 0.482. The predicted molar refractivity (Wildman–Crippen MR) is 143 cm³/mol. The van der Waals surface area contributed by atoms with Gasteiger partial charge in [-0.3, -0.25) is 14.5 Å². The molecule has 1 unspecified atom stereocenters. The third-order valence-corrected chi connectivity index (χ3v) is 13.7. The van der Waals surface area contributed by atoms with E-state index >= 15 is 0 Å². The van der Waals surface area contributed by atoms with E-state index in [-0.39, 0.29) is 34.2 Å². The number of esters is 1. The molecule has 0 amide bonds. The smallest absolute Gasteiger partial charge is 0.303 e. The number of ether oxygens (including phenoxy) is 3. The van der Waals surface area contributed by atoms with Gasteiger partial charge in [-0.05, 0) is 94.3 Å². The molecule has 5 heterocycles. The molecule has 7 rings (SSSR count). The summed E-state index contributed by atoms with van der Waals surface area (Å²) < 4.78 is 18.6. The molecule has 7 fully saturated rings. The van der Waals surface area contributed by atoms with Crippen LogP contribution in [-0.2, 0) is 23.8 Å². The van der Waals surface area contributed by atoms with E-state index in [1.165, 1.54) is 58.4 Å². The molecule has 7 aliphatic rings. The quantitative estimate of drug-likeness (QED) is 0.424. The van der Waals surface area contributed by atoms with Crippen molar-refractivity contribution in [3.05, 3.63) is 0 Å². The zero-order valence-electron chi connectivity index (χ0n) is 24.5. The summed E-state index contributed by atoms with van der Waals surface area (Å²) in [5.41, 5.74) is -0.325. The van der Waals surface area contributed by atoms with Crippen LogP contribution in [0.1, 0.15) is 106 Å². The Morgan fingerprint density at radius 2 is 1.82 bits per heavy atom. The van der Waals surface area contributed by atoms with Gasteiger partial charge in [0, 0.05) is 36.9 Å². The third-order valence-electron chi connectivity index (χ3n) is 13.7. The van der Waals surface area contributed by atoms with Crippen LogP contribution in [0, 0.1) is 39.9 Å². The topological polar surface area (TPSA) is 65.1 Å². The Balaban J connectivity index is 1.33. The number of fused-ring (bicyclic) bond motifs is 4. The Morgan fingerprint density at radius 3 is 2.55 bits per heavy atom. The van der Waals surface area contributed by atoms with E-state index in [0.717, 1.165) is 12.8 Å². The molecule has 5 aliphatic heterocycles. The van der Waals surface area contributed by atoms with E-state index in [1.807, 2.05) is 13.8 Å². The lowest BCUT2D eigenvalue weighted by Gasteiger charge is -2.67. The number of piperidine rings is 2. The zero-order chi connectivity index (χ0) is 26.9. The lowest BCUT2D eigenvalue weighted by Crippen LogP contribution is -2.69. The molecule has 38 heavy (non-hydrogen) atoms. The van der Waals surface area contributed by atoms with Crippen LogP contribution in [0.3, 0.4) is 0 Å². The summed E-state index contributed by atoms with van der Waals surface area (Å²) in [7, 11) is 0. The number of nitrogens with zero attached hydrogens (tertiary/aromatic N) is 1. The van der Waals surface area contributed by atoms with Gasteiger partial charge in [0.15, 0.2) is 17.7 Å². The molecule has 2 aliphatic carbocycles. The van der Waals surface area contributed by atoms with E-state index < -0.39 is 17.3 Å². The molecule has 1 spiro atoms. The van der Waals surface area contributed by atoms with E-state index in [1.54, 1.807) is 0 Å². The number of hydrogen-bond acceptors (Lipinski definition) is 6. The molecule has 212 valence electrons. The Morgan fingerprint density at radius 1 is 1.03 bits per heavy atom. The average molecular weight is 528 g/mol. The minimum atomic E-state index is -0.792. The summed E-state index contributed by atoms with van der Waals surface area (Å²) in [4.78, 5) is 30.3. The Labute approximate surface area is 228 Å². The first kappa shape index (κ1) is 26.0. The maximum absolute atomic E-state index is 14.7. The Hall–Kier alpha value is -0.980. The molecule has 7 bridgehead atoms. The highest BCUT2D eigenvalue weighted by molar-refractivity contribution is 5.91. The fourth-order valence-electron chi connectivity index (χ4n) is 11.9. The molecular weight excluding hydrogens is 478 g/mol. The van der Waals surface area contributed by atoms with Gasteiger partial charge >= 0.3 is 5.97 Å². The monoisotopic (exact) mass is 527 g/mol. The third kappa shape index (κ3) is 3.01. The van der Waals surface area contributed by atoms with Crippen LogP contribution in [0.2, 0.25) is 0 Å². The first-order chi connectivity index (χ1) is 17.9. The molecule has 0 aromatic rings. The summed E-state index contributed by atoms with van der Waals surface area (Å²) in [5, 5.41) is 0. The van der Waals surface area contributed by atoms with Gasteiger partial charge in [0.2, 0.25) is 0 Å². The van der Waals surface area contributed by atoms with Crippen molar-refractivity contribution in [1.82, 2.24) is 4.90 Å². The van der Waals surface area contributed by atoms with Crippen molar-refractivity contribution in [2.24, 2.45) is 39.9 Å². The van der Waals surface area contributed by atoms with E-state index in [2.05, 4.69) is 25.7 Å². The van der Waals surface area contributed by atoms with Crippen LogP contribution in [0.4, 0.5) is 0 Å². The maximum atomic E-state index is 14.7. The molecule has 0 radical (unpaired) electrons. The summed E-state index contributed by atoms with van der Waals surface area (Å²) in [5.74, 6) is 1.60. The number of carbonyl (C=O) groups is 2. The van der Waals surface area contributed by atoms with E-state index in [4.69, 9.17) is 14.2 Å². The van der Waals surface area contributed by atoms with Gasteiger partial charge in [-0.25, -0.2) is 0 Å². The first-order valence-corrected chi connectivity index (χ1v) is 15.7. The molecule has 0 aromatic carbocycles. The van der Waals surface area contributed by atoms with Gasteiger partial charge < -0.3 is 14.2 Å². The molecule has 2 saturated carbocycles. The average Bonchev–Trinajstić information content (AvgIpc) is 3.47. The van der Waals surface area contributed by atoms with Gasteiger partial charge in [0.05, 0.1) is 18.1 Å². The fourth-order valence-corrected chi connectivity index (χ4v) is 11.9. The predicted octanol–water partition coefficient (Wildman–Crippen LogP) is 5.51. The second-order valence-corrected chi connectivity index (χ2v) is 15.4. The van der Waals surface area contributed by atoms with Crippen molar-refractivity contribution in [2.75, 3.05) is 13.2 Å². The minimum absolute atomic E-state index is 0.00279. The zero-order valence-corrected chi connectivity index (χ0v) is 24.5. The van der Waals surface area contributed by atoms with Crippen LogP contribution in [0.5, 0.6) is 0 Å². The van der Waals surface area contributed by atoms with Crippen molar-refractivity contribution in [2.45, 2.75) is 135 Å². The Bertz CT molecular complexity index is 1040. The fraction of sp³-hybridized carbons (Fsp3) is 0.938. The maximum Gasteiger partial charge on any atom is 0.303 e. The molecule has 12 atom stereocenters. The lowest BCUT2D eigenvalue weighted by atomic mass is 9.42.